The lowest BCUT2D eigenvalue weighted by Crippen LogP contribution is -2.52. The molecule has 4 heterocycles. The Hall–Kier alpha value is -7.41. The highest BCUT2D eigenvalue weighted by atomic mass is 32.2. The molecule has 6 aromatic rings. The van der Waals surface area contributed by atoms with Gasteiger partial charge in [0.15, 0.2) is 5.78 Å². The van der Waals surface area contributed by atoms with Gasteiger partial charge in [0, 0.05) is 62.1 Å². The molecule has 0 radical (unpaired) electrons. The minimum absolute atomic E-state index is 0.0207. The number of nitrogens with one attached hydrogen (secondary N) is 6. The summed E-state index contributed by atoms with van der Waals surface area (Å²) < 4.78 is 86.7. The number of ketones is 1. The molecule has 0 spiro atoms. The van der Waals surface area contributed by atoms with Crippen molar-refractivity contribution in [3.63, 3.8) is 0 Å². The maximum Gasteiger partial charge on any atom is 0.245 e. The minimum atomic E-state index is -4.04. The SMILES string of the molecule is CNC(C)C(=O)NC(CCCCNS(=O)(=O)c1ccc2cc(S(=O)(=O)NCCCCC(NC(=O)C(C)NC)C(=O)N3CCCC3c3cncc(C(=O)c4ccc(F)cc4)c3)ccc2c1)C(=O)N1CCCC1c1cncc(Cc2ccc(F)cc2)c1. The second-order valence-corrected chi connectivity index (χ2v) is 25.3. The van der Waals surface area contributed by atoms with Gasteiger partial charge in [-0.3, -0.25) is 33.9 Å². The molecule has 23 heteroatoms. The standard InChI is InChI=1S/C62H74F2N10O9S2/c1-40(65-3)59(76)71-54(61(78)73-29-9-13-56(73)47-32-43(36-67-37-47)31-42-15-21-50(63)22-16-42)11-5-7-27-69-84(80,81)52-25-19-46-35-53(26-20-45(46)34-52)85(82,83)70-28-8-6-12-55(72-60(77)41(2)66-4)62(79)74-30-10-14-57(74)48-33-49(39-68-38-48)58(75)44-17-23-51(64)24-18-44/h15-26,32-41,54-57,65-66,69-70H,5-14,27-31H2,1-4H3,(H,71,76)(H,72,77). The van der Waals surface area contributed by atoms with Crippen molar-refractivity contribution in [3.8, 4) is 0 Å². The Balaban J connectivity index is 0.832. The maximum absolute atomic E-state index is 14.3. The molecule has 2 saturated heterocycles. The van der Waals surface area contributed by atoms with Crippen molar-refractivity contribution in [2.24, 2.45) is 0 Å². The lowest BCUT2D eigenvalue weighted by molar-refractivity contribution is -0.138. The van der Waals surface area contributed by atoms with Gasteiger partial charge in [-0.15, -0.1) is 0 Å². The van der Waals surface area contributed by atoms with Crippen molar-refractivity contribution >= 4 is 60.2 Å². The highest BCUT2D eigenvalue weighted by Gasteiger charge is 2.37. The summed E-state index contributed by atoms with van der Waals surface area (Å²) in [7, 11) is -4.78. The van der Waals surface area contributed by atoms with E-state index < -0.39 is 56.1 Å². The summed E-state index contributed by atoms with van der Waals surface area (Å²) in [6, 6.07) is 20.3. The third-order valence-electron chi connectivity index (χ3n) is 15.8. The predicted molar refractivity (Wildman–Crippen MR) is 318 cm³/mol. The second kappa shape index (κ2) is 29.1. The Kier molecular flexibility index (Phi) is 21.8. The predicted octanol–water partition coefficient (Wildman–Crippen LogP) is 6.54. The molecule has 19 nitrogen and oxygen atoms in total. The fourth-order valence-electron chi connectivity index (χ4n) is 10.7. The number of likely N-dealkylation sites (N-methyl/N-ethyl adjacent to an activating group) is 2. The number of rotatable bonds is 28. The van der Waals surface area contributed by atoms with Gasteiger partial charge in [-0.2, -0.15) is 0 Å². The lowest BCUT2D eigenvalue weighted by Gasteiger charge is -2.30. The number of carbonyl (C=O) groups excluding carboxylic acids is 5. The Morgan fingerprint density at radius 1 is 0.553 bits per heavy atom. The van der Waals surface area contributed by atoms with E-state index in [2.05, 4.69) is 40.7 Å². The van der Waals surface area contributed by atoms with Crippen molar-refractivity contribution in [1.29, 1.82) is 0 Å². The fraction of sp³-hybridized carbons (Fsp3) is 0.403. The summed E-state index contributed by atoms with van der Waals surface area (Å²) >= 11 is 0. The van der Waals surface area contributed by atoms with Crippen LogP contribution in [0.5, 0.6) is 0 Å². The number of carbonyl (C=O) groups is 5. The number of sulfonamides is 2. The zero-order valence-electron chi connectivity index (χ0n) is 48.2. The molecule has 0 bridgehead atoms. The number of nitrogens with zero attached hydrogens (tertiary/aromatic N) is 4. The summed E-state index contributed by atoms with van der Waals surface area (Å²) in [5.41, 5.74) is 3.93. The molecule has 8 rings (SSSR count). The molecular formula is C62H74F2N10O9S2. The molecule has 6 N–H and O–H groups in total. The summed E-state index contributed by atoms with van der Waals surface area (Å²) in [5, 5.41) is 12.6. The van der Waals surface area contributed by atoms with Gasteiger partial charge < -0.3 is 31.1 Å². The molecule has 2 fully saturated rings. The van der Waals surface area contributed by atoms with Crippen LogP contribution < -0.4 is 30.7 Å². The highest BCUT2D eigenvalue weighted by molar-refractivity contribution is 7.89. The molecule has 0 aliphatic carbocycles. The summed E-state index contributed by atoms with van der Waals surface area (Å²) in [6.45, 7) is 4.32. The second-order valence-electron chi connectivity index (χ2n) is 21.8. The van der Waals surface area contributed by atoms with Crippen LogP contribution in [0, 0.1) is 11.6 Å². The molecule has 4 aromatic carbocycles. The first-order valence-corrected chi connectivity index (χ1v) is 31.7. The number of hydrogen-bond donors (Lipinski definition) is 6. The molecule has 0 saturated carbocycles. The first-order valence-electron chi connectivity index (χ1n) is 28.8. The average Bonchev–Trinajstić information content (AvgIpc) is 3.70. The van der Waals surface area contributed by atoms with Gasteiger partial charge in [-0.25, -0.2) is 35.1 Å². The van der Waals surface area contributed by atoms with Crippen LogP contribution in [-0.4, -0.2) is 130 Å². The summed E-state index contributed by atoms with van der Waals surface area (Å²) in [5.74, 6) is -2.42. The quantitative estimate of drug-likeness (QED) is 0.0226. The maximum atomic E-state index is 14.3. The fourth-order valence-corrected chi connectivity index (χ4v) is 13.0. The number of likely N-dealkylation sites (tertiary alicyclic amines) is 2. The third kappa shape index (κ3) is 16.5. The normalized spacial score (nSPS) is 16.9. The minimum Gasteiger partial charge on any atom is -0.343 e. The number of benzene rings is 4. The zero-order chi connectivity index (χ0) is 60.8. The van der Waals surface area contributed by atoms with Gasteiger partial charge in [0.2, 0.25) is 43.7 Å². The largest absolute Gasteiger partial charge is 0.343 e. The van der Waals surface area contributed by atoms with Crippen LogP contribution in [0.1, 0.15) is 128 Å². The van der Waals surface area contributed by atoms with E-state index in [1.165, 1.54) is 79.0 Å². The molecule has 2 aliphatic heterocycles. The Labute approximate surface area is 495 Å². The van der Waals surface area contributed by atoms with E-state index >= 15 is 0 Å². The van der Waals surface area contributed by atoms with Crippen molar-refractivity contribution in [1.82, 2.24) is 50.5 Å². The summed E-state index contributed by atoms with van der Waals surface area (Å²) in [6.07, 6.45) is 11.7. The van der Waals surface area contributed by atoms with Gasteiger partial charge in [0.1, 0.15) is 23.7 Å². The molecular weight excluding hydrogens is 1130 g/mol. The topological polar surface area (TPSA) is 258 Å². The van der Waals surface area contributed by atoms with Gasteiger partial charge in [0.25, 0.3) is 0 Å². The van der Waals surface area contributed by atoms with E-state index in [9.17, 15) is 49.6 Å². The van der Waals surface area contributed by atoms with E-state index in [0.29, 0.717) is 86.4 Å². The van der Waals surface area contributed by atoms with Crippen molar-refractivity contribution in [2.45, 2.75) is 131 Å². The molecule has 4 amide bonds. The third-order valence-corrected chi connectivity index (χ3v) is 18.7. The first kappa shape index (κ1) is 63.6. The zero-order valence-corrected chi connectivity index (χ0v) is 49.8. The van der Waals surface area contributed by atoms with E-state index in [1.807, 2.05) is 6.07 Å². The van der Waals surface area contributed by atoms with Gasteiger partial charge in [0.05, 0.1) is 34.0 Å². The molecule has 85 heavy (non-hydrogen) atoms. The first-order chi connectivity index (χ1) is 40.7. The number of amides is 4. The Bertz CT molecular complexity index is 3580. The van der Waals surface area contributed by atoms with Crippen LogP contribution in [0.25, 0.3) is 10.8 Å². The molecule has 6 atom stereocenters. The van der Waals surface area contributed by atoms with E-state index in [-0.39, 0.29) is 82.6 Å². The van der Waals surface area contributed by atoms with Crippen molar-refractivity contribution in [2.75, 3.05) is 40.3 Å². The number of pyridine rings is 2. The summed E-state index contributed by atoms with van der Waals surface area (Å²) in [4.78, 5) is 80.4. The van der Waals surface area contributed by atoms with E-state index in [0.717, 1.165) is 23.1 Å². The van der Waals surface area contributed by atoms with E-state index in [4.69, 9.17) is 0 Å². The van der Waals surface area contributed by atoms with Gasteiger partial charge in [-0.05, 0) is 198 Å². The molecule has 6 unspecified atom stereocenters. The van der Waals surface area contributed by atoms with Crippen LogP contribution in [0.3, 0.4) is 0 Å². The van der Waals surface area contributed by atoms with Crippen LogP contribution in [-0.2, 0) is 45.6 Å². The van der Waals surface area contributed by atoms with Crippen molar-refractivity contribution in [3.05, 3.63) is 167 Å². The van der Waals surface area contributed by atoms with Gasteiger partial charge in [-0.1, -0.05) is 30.3 Å². The number of hydrogen-bond acceptors (Lipinski definition) is 13. The van der Waals surface area contributed by atoms with Gasteiger partial charge >= 0.3 is 0 Å². The van der Waals surface area contributed by atoms with Crippen molar-refractivity contribution < 1.29 is 49.6 Å². The monoisotopic (exact) mass is 1200 g/mol. The molecule has 2 aromatic heterocycles. The molecule has 452 valence electrons. The van der Waals surface area contributed by atoms with E-state index in [1.54, 1.807) is 74.5 Å². The number of unbranched alkanes of at least 4 members (excludes halogenated alkanes) is 2. The van der Waals surface area contributed by atoms with Crippen LogP contribution in [0.4, 0.5) is 8.78 Å². The Morgan fingerprint density at radius 2 is 1.01 bits per heavy atom. The van der Waals surface area contributed by atoms with Crippen LogP contribution >= 0.6 is 0 Å². The Morgan fingerprint density at radius 3 is 1.49 bits per heavy atom. The average molecular weight is 1210 g/mol. The smallest absolute Gasteiger partial charge is 0.245 e. The number of aromatic nitrogens is 2. The van der Waals surface area contributed by atoms with Crippen LogP contribution in [0.15, 0.2) is 132 Å². The number of fused-ring (bicyclic) bond motifs is 1. The highest BCUT2D eigenvalue weighted by Crippen LogP contribution is 2.35. The number of halogens is 2. The lowest BCUT2D eigenvalue weighted by atomic mass is 9.99. The molecule has 2 aliphatic rings. The van der Waals surface area contributed by atoms with Crippen LogP contribution in [0.2, 0.25) is 0 Å².